The van der Waals surface area contributed by atoms with Gasteiger partial charge in [0.25, 0.3) is 0 Å². The van der Waals surface area contributed by atoms with E-state index in [0.29, 0.717) is 35.7 Å². The number of nitrogens with one attached hydrogen (secondary N) is 1. The van der Waals surface area contributed by atoms with Crippen molar-refractivity contribution in [2.45, 2.75) is 31.9 Å². The largest absolute Gasteiger partial charge is 0.416 e. The van der Waals surface area contributed by atoms with Crippen LogP contribution in [0.15, 0.2) is 54.9 Å². The van der Waals surface area contributed by atoms with Gasteiger partial charge in [0.05, 0.1) is 11.3 Å². The zero-order valence-corrected chi connectivity index (χ0v) is 17.7. The molecule has 0 atom stereocenters. The van der Waals surface area contributed by atoms with Gasteiger partial charge in [0.2, 0.25) is 0 Å². The first kappa shape index (κ1) is 21.9. The van der Waals surface area contributed by atoms with E-state index in [2.05, 4.69) is 26.3 Å². The number of halogens is 3. The van der Waals surface area contributed by atoms with Crippen LogP contribution in [0.3, 0.4) is 0 Å². The lowest BCUT2D eigenvalue weighted by Gasteiger charge is -2.29. The van der Waals surface area contributed by atoms with Crippen LogP contribution >= 0.6 is 0 Å². The predicted octanol–water partition coefficient (Wildman–Crippen LogP) is 5.39. The number of hydrogen-bond acceptors (Lipinski definition) is 5. The highest BCUT2D eigenvalue weighted by Crippen LogP contribution is 2.31. The zero-order valence-electron chi connectivity index (χ0n) is 17.7. The van der Waals surface area contributed by atoms with Gasteiger partial charge >= 0.3 is 6.18 Å². The van der Waals surface area contributed by atoms with E-state index < -0.39 is 11.7 Å². The van der Waals surface area contributed by atoms with Crippen molar-refractivity contribution >= 4 is 17.2 Å². The molecule has 0 radical (unpaired) electrons. The summed E-state index contributed by atoms with van der Waals surface area (Å²) < 4.78 is 38.7. The fraction of sp³-hybridized carbons (Fsp3) is 0.333. The van der Waals surface area contributed by atoms with E-state index in [0.717, 1.165) is 30.4 Å². The van der Waals surface area contributed by atoms with Crippen molar-refractivity contribution in [2.24, 2.45) is 0 Å². The maximum Gasteiger partial charge on any atom is 0.416 e. The van der Waals surface area contributed by atoms with Crippen molar-refractivity contribution in [2.75, 3.05) is 35.6 Å². The fourth-order valence-corrected chi connectivity index (χ4v) is 3.95. The Balaban J connectivity index is 1.45. The van der Waals surface area contributed by atoms with Gasteiger partial charge in [-0.25, -0.2) is 9.97 Å². The summed E-state index contributed by atoms with van der Waals surface area (Å²) >= 11 is 0. The number of alkyl halides is 3. The maximum atomic E-state index is 12.9. The van der Waals surface area contributed by atoms with E-state index in [1.165, 1.54) is 37.7 Å². The SMILES string of the molecule is Nc1ccc(N2CCCCC2)cc1-c1cc(NCCc2cccc(C(F)(F)F)c2)ncn1. The molecule has 1 aromatic heterocycles. The summed E-state index contributed by atoms with van der Waals surface area (Å²) in [5.74, 6) is 0.602. The third-order valence-corrected chi connectivity index (χ3v) is 5.68. The molecule has 4 rings (SSSR count). The lowest BCUT2D eigenvalue weighted by atomic mass is 10.1. The minimum absolute atomic E-state index is 0.440. The summed E-state index contributed by atoms with van der Waals surface area (Å²) in [5, 5.41) is 3.18. The average Bonchev–Trinajstić information content (AvgIpc) is 2.80. The van der Waals surface area contributed by atoms with Crippen LogP contribution in [0, 0.1) is 0 Å². The number of aromatic nitrogens is 2. The summed E-state index contributed by atoms with van der Waals surface area (Å²) in [6, 6.07) is 13.2. The van der Waals surface area contributed by atoms with Crippen LogP contribution in [-0.2, 0) is 12.6 Å². The van der Waals surface area contributed by atoms with Crippen LogP contribution in [0.25, 0.3) is 11.3 Å². The van der Waals surface area contributed by atoms with Gasteiger partial charge in [-0.2, -0.15) is 13.2 Å². The van der Waals surface area contributed by atoms with Crippen molar-refractivity contribution in [3.05, 3.63) is 66.0 Å². The minimum atomic E-state index is -4.34. The normalized spacial score (nSPS) is 14.4. The Labute approximate surface area is 185 Å². The molecule has 3 aromatic rings. The number of rotatable bonds is 6. The molecule has 8 heteroatoms. The molecule has 32 heavy (non-hydrogen) atoms. The molecule has 5 nitrogen and oxygen atoms in total. The Hall–Kier alpha value is -3.29. The Morgan fingerprint density at radius 2 is 1.78 bits per heavy atom. The molecular formula is C24H26F3N5. The number of benzene rings is 2. The highest BCUT2D eigenvalue weighted by atomic mass is 19.4. The van der Waals surface area contributed by atoms with E-state index in [4.69, 9.17) is 5.73 Å². The van der Waals surface area contributed by atoms with E-state index in [9.17, 15) is 13.2 Å². The van der Waals surface area contributed by atoms with Crippen LogP contribution in [0.4, 0.5) is 30.4 Å². The second-order valence-corrected chi connectivity index (χ2v) is 7.98. The van der Waals surface area contributed by atoms with E-state index in [1.807, 2.05) is 18.2 Å². The molecular weight excluding hydrogens is 415 g/mol. The number of nitrogens with two attached hydrogens (primary N) is 1. The predicted molar refractivity (Wildman–Crippen MR) is 122 cm³/mol. The summed E-state index contributed by atoms with van der Waals surface area (Å²) in [4.78, 5) is 11.0. The molecule has 0 bridgehead atoms. The summed E-state index contributed by atoms with van der Waals surface area (Å²) in [7, 11) is 0. The molecule has 0 aliphatic carbocycles. The standard InChI is InChI=1S/C24H26F3N5/c25-24(26,27)18-6-4-5-17(13-18)9-10-29-23-15-22(30-16-31-23)20-14-19(7-8-21(20)28)32-11-2-1-3-12-32/h4-8,13-16H,1-3,9-12,28H2,(H,29,30,31). The Bertz CT molecular complexity index is 1060. The molecule has 1 aliphatic rings. The van der Waals surface area contributed by atoms with Gasteiger partial charge in [0, 0.05) is 42.6 Å². The van der Waals surface area contributed by atoms with Gasteiger partial charge in [-0.1, -0.05) is 18.2 Å². The quantitative estimate of drug-likeness (QED) is 0.502. The monoisotopic (exact) mass is 441 g/mol. The van der Waals surface area contributed by atoms with Crippen LogP contribution in [-0.4, -0.2) is 29.6 Å². The van der Waals surface area contributed by atoms with Crippen LogP contribution in [0.2, 0.25) is 0 Å². The second kappa shape index (κ2) is 9.46. The molecule has 0 spiro atoms. The van der Waals surface area contributed by atoms with Gasteiger partial charge < -0.3 is 16.0 Å². The molecule has 3 N–H and O–H groups in total. The summed E-state index contributed by atoms with van der Waals surface area (Å²) in [6.07, 6.45) is 1.21. The molecule has 168 valence electrons. The van der Waals surface area contributed by atoms with Crippen molar-refractivity contribution in [1.29, 1.82) is 0 Å². The first-order valence-corrected chi connectivity index (χ1v) is 10.8. The smallest absolute Gasteiger partial charge is 0.398 e. The number of hydrogen-bond donors (Lipinski definition) is 2. The molecule has 1 aliphatic heterocycles. The van der Waals surface area contributed by atoms with Gasteiger partial charge in [-0.15, -0.1) is 0 Å². The average molecular weight is 442 g/mol. The van der Waals surface area contributed by atoms with Gasteiger partial charge in [0.1, 0.15) is 12.1 Å². The van der Waals surface area contributed by atoms with E-state index in [-0.39, 0.29) is 0 Å². The van der Waals surface area contributed by atoms with Gasteiger partial charge in [-0.05, 0) is 55.5 Å². The van der Waals surface area contributed by atoms with E-state index >= 15 is 0 Å². The molecule has 1 saturated heterocycles. The number of anilines is 3. The third-order valence-electron chi connectivity index (χ3n) is 5.68. The first-order valence-electron chi connectivity index (χ1n) is 10.8. The second-order valence-electron chi connectivity index (χ2n) is 7.98. The van der Waals surface area contributed by atoms with Crippen molar-refractivity contribution < 1.29 is 13.2 Å². The van der Waals surface area contributed by atoms with Gasteiger partial charge in [-0.3, -0.25) is 0 Å². The number of piperidine rings is 1. The molecule has 0 amide bonds. The Morgan fingerprint density at radius 1 is 0.969 bits per heavy atom. The lowest BCUT2D eigenvalue weighted by Crippen LogP contribution is -2.29. The van der Waals surface area contributed by atoms with E-state index in [1.54, 1.807) is 6.07 Å². The van der Waals surface area contributed by atoms with Crippen molar-refractivity contribution in [1.82, 2.24) is 9.97 Å². The zero-order chi connectivity index (χ0) is 22.6. The van der Waals surface area contributed by atoms with Crippen LogP contribution in [0.5, 0.6) is 0 Å². The van der Waals surface area contributed by atoms with Crippen LogP contribution in [0.1, 0.15) is 30.4 Å². The molecule has 2 aromatic carbocycles. The first-order chi connectivity index (χ1) is 15.4. The van der Waals surface area contributed by atoms with Crippen molar-refractivity contribution in [3.8, 4) is 11.3 Å². The Morgan fingerprint density at radius 3 is 2.56 bits per heavy atom. The van der Waals surface area contributed by atoms with Crippen LogP contribution < -0.4 is 16.0 Å². The number of nitrogen functional groups attached to an aromatic ring is 1. The molecule has 2 heterocycles. The lowest BCUT2D eigenvalue weighted by molar-refractivity contribution is -0.137. The highest BCUT2D eigenvalue weighted by Gasteiger charge is 2.30. The van der Waals surface area contributed by atoms with Crippen molar-refractivity contribution in [3.63, 3.8) is 0 Å². The third kappa shape index (κ3) is 5.30. The number of nitrogens with zero attached hydrogens (tertiary/aromatic N) is 3. The minimum Gasteiger partial charge on any atom is -0.398 e. The van der Waals surface area contributed by atoms with Gasteiger partial charge in [0.15, 0.2) is 0 Å². The highest BCUT2D eigenvalue weighted by molar-refractivity contribution is 5.78. The molecule has 1 fully saturated rings. The fourth-order valence-electron chi connectivity index (χ4n) is 3.95. The maximum absolute atomic E-state index is 12.9. The summed E-state index contributed by atoms with van der Waals surface area (Å²) in [6.45, 7) is 2.52. The Kier molecular flexibility index (Phi) is 6.48. The molecule has 0 saturated carbocycles. The topological polar surface area (TPSA) is 67.1 Å². The molecule has 0 unspecified atom stereocenters. The summed E-state index contributed by atoms with van der Waals surface area (Å²) in [5.41, 5.74) is 9.53.